The van der Waals surface area contributed by atoms with Crippen LogP contribution in [0.25, 0.3) is 0 Å². The van der Waals surface area contributed by atoms with Crippen molar-refractivity contribution in [3.05, 3.63) is 48.5 Å². The molecule has 2 aromatic carbocycles. The quantitative estimate of drug-likeness (QED) is 0.807. The minimum atomic E-state index is -0.949. The lowest BCUT2D eigenvalue weighted by atomic mass is 10.0. The zero-order valence-corrected chi connectivity index (χ0v) is 17.7. The molecule has 1 saturated heterocycles. The molecule has 0 saturated carbocycles. The van der Waals surface area contributed by atoms with Crippen LogP contribution in [0.1, 0.15) is 39.5 Å². The molecule has 2 heterocycles. The van der Waals surface area contributed by atoms with E-state index >= 15 is 0 Å². The van der Waals surface area contributed by atoms with Gasteiger partial charge in [0.25, 0.3) is 5.91 Å². The maximum Gasteiger partial charge on any atom is 0.270 e. The summed E-state index contributed by atoms with van der Waals surface area (Å²) >= 11 is 0. The highest BCUT2D eigenvalue weighted by atomic mass is 16.5. The Kier molecular flexibility index (Phi) is 5.66. The Morgan fingerprint density at radius 3 is 2.47 bits per heavy atom. The number of nitrogens with one attached hydrogen (secondary N) is 1. The second-order valence-corrected chi connectivity index (χ2v) is 8.43. The average molecular weight is 408 g/mol. The molecule has 0 aromatic heterocycles. The van der Waals surface area contributed by atoms with Gasteiger partial charge in [-0.3, -0.25) is 9.59 Å². The lowest BCUT2D eigenvalue weighted by molar-refractivity contribution is -0.132. The molecule has 0 bridgehead atoms. The first-order valence-corrected chi connectivity index (χ1v) is 10.7. The highest BCUT2D eigenvalue weighted by Gasteiger charge is 2.40. The highest BCUT2D eigenvalue weighted by molar-refractivity contribution is 6.03. The Labute approximate surface area is 177 Å². The molecule has 6 nitrogen and oxygen atoms in total. The van der Waals surface area contributed by atoms with E-state index in [2.05, 4.69) is 22.3 Å². The van der Waals surface area contributed by atoms with Crippen molar-refractivity contribution in [1.29, 1.82) is 0 Å². The zero-order chi connectivity index (χ0) is 21.1. The third-order valence-electron chi connectivity index (χ3n) is 5.72. The van der Waals surface area contributed by atoms with Crippen LogP contribution in [0, 0.1) is 0 Å². The van der Waals surface area contributed by atoms with E-state index in [1.54, 1.807) is 18.7 Å². The van der Waals surface area contributed by atoms with Gasteiger partial charge in [-0.1, -0.05) is 12.1 Å². The minimum Gasteiger partial charge on any atom is -0.476 e. The first-order chi connectivity index (χ1) is 14.4. The van der Waals surface area contributed by atoms with Crippen LogP contribution in [0.4, 0.5) is 17.1 Å². The molecule has 0 aliphatic carbocycles. The van der Waals surface area contributed by atoms with Crippen LogP contribution in [0.3, 0.4) is 0 Å². The van der Waals surface area contributed by atoms with Gasteiger partial charge >= 0.3 is 0 Å². The summed E-state index contributed by atoms with van der Waals surface area (Å²) < 4.78 is 5.83. The van der Waals surface area contributed by atoms with E-state index in [1.807, 2.05) is 36.4 Å². The van der Waals surface area contributed by atoms with E-state index in [9.17, 15) is 9.59 Å². The Morgan fingerprint density at radius 1 is 1.03 bits per heavy atom. The highest BCUT2D eigenvalue weighted by Crippen LogP contribution is 2.37. The molecule has 30 heavy (non-hydrogen) atoms. The molecule has 2 aliphatic heterocycles. The molecule has 2 aromatic rings. The Balaban J connectivity index is 1.37. The normalized spacial score (nSPS) is 17.9. The van der Waals surface area contributed by atoms with Crippen LogP contribution < -0.4 is 19.9 Å². The van der Waals surface area contributed by atoms with Gasteiger partial charge in [0.05, 0.1) is 5.69 Å². The van der Waals surface area contributed by atoms with Gasteiger partial charge < -0.3 is 19.9 Å². The first kappa shape index (κ1) is 20.3. The second-order valence-electron chi connectivity index (χ2n) is 8.43. The number of amides is 2. The largest absolute Gasteiger partial charge is 0.476 e. The number of nitrogens with zero attached hydrogens (tertiary/aromatic N) is 2. The summed E-state index contributed by atoms with van der Waals surface area (Å²) in [7, 11) is 0. The first-order valence-electron chi connectivity index (χ1n) is 10.7. The molecule has 1 N–H and O–H groups in total. The summed E-state index contributed by atoms with van der Waals surface area (Å²) in [5.74, 6) is 0.408. The number of piperidine rings is 1. The van der Waals surface area contributed by atoms with Gasteiger partial charge in [-0.05, 0) is 69.5 Å². The molecule has 0 spiro atoms. The van der Waals surface area contributed by atoms with Crippen molar-refractivity contribution < 1.29 is 14.3 Å². The van der Waals surface area contributed by atoms with Crippen LogP contribution in [-0.4, -0.2) is 37.0 Å². The molecule has 4 rings (SSSR count). The lowest BCUT2D eigenvalue weighted by Gasteiger charge is -2.38. The number of hydrogen-bond donors (Lipinski definition) is 1. The topological polar surface area (TPSA) is 61.9 Å². The number of rotatable bonds is 5. The molecule has 2 aliphatic rings. The third kappa shape index (κ3) is 4.27. The summed E-state index contributed by atoms with van der Waals surface area (Å²) in [5, 5.41) is 2.94. The predicted octanol–water partition coefficient (Wildman–Crippen LogP) is 4.21. The Hall–Kier alpha value is -3.02. The number of carbonyl (C=O) groups is 2. The van der Waals surface area contributed by atoms with Crippen LogP contribution in [0.2, 0.25) is 0 Å². The summed E-state index contributed by atoms with van der Waals surface area (Å²) in [6.45, 7) is 6.00. The zero-order valence-electron chi connectivity index (χ0n) is 17.7. The monoisotopic (exact) mass is 407 g/mol. The fraction of sp³-hybridized carbons (Fsp3) is 0.417. The number of para-hydroxylation sites is 2. The van der Waals surface area contributed by atoms with Crippen molar-refractivity contribution in [2.75, 3.05) is 34.8 Å². The summed E-state index contributed by atoms with van der Waals surface area (Å²) in [5.41, 5.74) is 1.73. The average Bonchev–Trinajstić information content (AvgIpc) is 2.75. The van der Waals surface area contributed by atoms with Gasteiger partial charge in [0.2, 0.25) is 5.91 Å². The second kappa shape index (κ2) is 8.38. The smallest absolute Gasteiger partial charge is 0.270 e. The van der Waals surface area contributed by atoms with Gasteiger partial charge in [0.15, 0.2) is 5.60 Å². The molecule has 6 heteroatoms. The molecule has 0 radical (unpaired) electrons. The Bertz CT molecular complexity index is 918. The van der Waals surface area contributed by atoms with Crippen molar-refractivity contribution in [2.24, 2.45) is 0 Å². The SMILES string of the molecule is CC1(C)Oc2ccccc2N(CCC(=O)Nc2ccc(N3CCCCC3)cc2)C1=O. The van der Waals surface area contributed by atoms with Crippen LogP contribution >= 0.6 is 0 Å². The van der Waals surface area contributed by atoms with E-state index in [4.69, 9.17) is 4.74 Å². The number of benzene rings is 2. The van der Waals surface area contributed by atoms with Crippen LogP contribution in [0.15, 0.2) is 48.5 Å². The van der Waals surface area contributed by atoms with Crippen molar-refractivity contribution in [1.82, 2.24) is 0 Å². The summed E-state index contributed by atoms with van der Waals surface area (Å²) in [6, 6.07) is 15.4. The Morgan fingerprint density at radius 2 is 1.73 bits per heavy atom. The molecule has 158 valence electrons. The molecular formula is C24H29N3O3. The number of anilines is 3. The maximum atomic E-state index is 12.8. The van der Waals surface area contributed by atoms with Crippen molar-refractivity contribution in [2.45, 2.75) is 45.1 Å². The van der Waals surface area contributed by atoms with E-state index < -0.39 is 5.60 Å². The van der Waals surface area contributed by atoms with E-state index in [1.165, 1.54) is 24.9 Å². The van der Waals surface area contributed by atoms with Gasteiger partial charge in [0, 0.05) is 37.4 Å². The number of ether oxygens (including phenoxy) is 1. The third-order valence-corrected chi connectivity index (χ3v) is 5.72. The maximum absolute atomic E-state index is 12.8. The van der Waals surface area contributed by atoms with Crippen molar-refractivity contribution >= 4 is 28.9 Å². The van der Waals surface area contributed by atoms with Gasteiger partial charge in [-0.15, -0.1) is 0 Å². The molecule has 1 fully saturated rings. The van der Waals surface area contributed by atoms with Crippen LogP contribution in [0.5, 0.6) is 5.75 Å². The van der Waals surface area contributed by atoms with Crippen molar-refractivity contribution in [3.8, 4) is 5.75 Å². The number of hydrogen-bond acceptors (Lipinski definition) is 4. The fourth-order valence-electron chi connectivity index (χ4n) is 4.09. The predicted molar refractivity (Wildman–Crippen MR) is 119 cm³/mol. The molecule has 0 unspecified atom stereocenters. The molecule has 2 amide bonds. The molecular weight excluding hydrogens is 378 g/mol. The standard InChI is InChI=1S/C24H29N3O3/c1-24(2)23(29)27(20-8-4-5-9-21(20)30-24)17-14-22(28)25-18-10-12-19(13-11-18)26-15-6-3-7-16-26/h4-5,8-13H,3,6-7,14-17H2,1-2H3,(H,25,28). The van der Waals surface area contributed by atoms with Gasteiger partial charge in [0.1, 0.15) is 5.75 Å². The van der Waals surface area contributed by atoms with E-state index in [0.29, 0.717) is 18.0 Å². The fourth-order valence-corrected chi connectivity index (χ4v) is 4.09. The van der Waals surface area contributed by atoms with E-state index in [-0.39, 0.29) is 18.2 Å². The number of carbonyl (C=O) groups excluding carboxylic acids is 2. The summed E-state index contributed by atoms with van der Waals surface area (Å²) in [6.07, 6.45) is 3.99. The van der Waals surface area contributed by atoms with E-state index in [0.717, 1.165) is 18.8 Å². The van der Waals surface area contributed by atoms with Gasteiger partial charge in [-0.25, -0.2) is 0 Å². The molecule has 0 atom stereocenters. The number of fused-ring (bicyclic) bond motifs is 1. The lowest BCUT2D eigenvalue weighted by Crippen LogP contribution is -2.53. The summed E-state index contributed by atoms with van der Waals surface area (Å²) in [4.78, 5) is 29.4. The van der Waals surface area contributed by atoms with Crippen molar-refractivity contribution in [3.63, 3.8) is 0 Å². The van der Waals surface area contributed by atoms with Gasteiger partial charge in [-0.2, -0.15) is 0 Å². The van der Waals surface area contributed by atoms with Crippen LogP contribution in [-0.2, 0) is 9.59 Å². The minimum absolute atomic E-state index is 0.115.